The molecule has 1 fully saturated rings. The molecule has 4 heteroatoms. The predicted octanol–water partition coefficient (Wildman–Crippen LogP) is 2.93. The quantitative estimate of drug-likeness (QED) is 0.899. The second-order valence-corrected chi connectivity index (χ2v) is 4.84. The van der Waals surface area contributed by atoms with Crippen molar-refractivity contribution in [2.45, 2.75) is 24.8 Å². The molecule has 82 valence electrons. The van der Waals surface area contributed by atoms with Crippen molar-refractivity contribution in [3.05, 3.63) is 28.0 Å². The highest BCUT2D eigenvalue weighted by atomic mass is 79.9. The molecule has 0 aromatic heterocycles. The van der Waals surface area contributed by atoms with Gasteiger partial charge in [0.2, 0.25) is 0 Å². The molecule has 1 aromatic carbocycles. The van der Waals surface area contributed by atoms with E-state index in [0.29, 0.717) is 4.47 Å². The molecule has 0 heterocycles. The van der Waals surface area contributed by atoms with E-state index < -0.39 is 0 Å². The molecule has 0 saturated heterocycles. The molecule has 0 aliphatic heterocycles. The average molecular weight is 274 g/mol. The van der Waals surface area contributed by atoms with Crippen molar-refractivity contribution in [1.29, 1.82) is 0 Å². The first-order valence-corrected chi connectivity index (χ1v) is 5.68. The van der Waals surface area contributed by atoms with E-state index in [1.165, 1.54) is 13.2 Å². The number of ether oxygens (including phenoxy) is 1. The molecule has 2 N–H and O–H groups in total. The lowest BCUT2D eigenvalue weighted by Crippen LogP contribution is -2.43. The van der Waals surface area contributed by atoms with Gasteiger partial charge >= 0.3 is 0 Å². The highest BCUT2D eigenvalue weighted by Crippen LogP contribution is 2.41. The topological polar surface area (TPSA) is 35.2 Å². The van der Waals surface area contributed by atoms with E-state index >= 15 is 0 Å². The number of rotatable bonds is 2. The Balaban J connectivity index is 2.43. The standard InChI is InChI=1S/C11H13BrFNO/c1-15-10-8(12)5-7(6-9(10)13)11(14)3-2-4-11/h5-6H,2-4,14H2,1H3. The van der Waals surface area contributed by atoms with E-state index in [1.807, 2.05) is 6.07 Å². The SMILES string of the molecule is COc1c(F)cc(C2(N)CCC2)cc1Br. The van der Waals surface area contributed by atoms with Crippen LogP contribution in [0.15, 0.2) is 16.6 Å². The molecule has 0 radical (unpaired) electrons. The molecule has 1 saturated carbocycles. The van der Waals surface area contributed by atoms with Crippen molar-refractivity contribution in [3.8, 4) is 5.75 Å². The van der Waals surface area contributed by atoms with Gasteiger partial charge in [0.25, 0.3) is 0 Å². The summed E-state index contributed by atoms with van der Waals surface area (Å²) in [5.74, 6) is -0.125. The largest absolute Gasteiger partial charge is 0.492 e. The summed E-state index contributed by atoms with van der Waals surface area (Å²) >= 11 is 3.28. The van der Waals surface area contributed by atoms with Gasteiger partial charge in [0, 0.05) is 5.54 Å². The maximum atomic E-state index is 13.6. The predicted molar refractivity (Wildman–Crippen MR) is 60.4 cm³/mol. The third kappa shape index (κ3) is 1.76. The van der Waals surface area contributed by atoms with Crippen LogP contribution in [0.5, 0.6) is 5.75 Å². The lowest BCUT2D eigenvalue weighted by Gasteiger charge is -2.38. The maximum Gasteiger partial charge on any atom is 0.168 e. The highest BCUT2D eigenvalue weighted by Gasteiger charge is 2.35. The summed E-state index contributed by atoms with van der Waals surface area (Å²) in [5.41, 5.74) is 6.63. The van der Waals surface area contributed by atoms with Crippen molar-refractivity contribution >= 4 is 15.9 Å². The van der Waals surface area contributed by atoms with E-state index in [-0.39, 0.29) is 17.1 Å². The van der Waals surface area contributed by atoms with Crippen LogP contribution in [0.25, 0.3) is 0 Å². The molecule has 0 bridgehead atoms. The Morgan fingerprint density at radius 3 is 2.53 bits per heavy atom. The molecule has 2 rings (SSSR count). The fourth-order valence-electron chi connectivity index (χ4n) is 1.89. The van der Waals surface area contributed by atoms with Gasteiger partial charge in [-0.15, -0.1) is 0 Å². The fraction of sp³-hybridized carbons (Fsp3) is 0.455. The summed E-state index contributed by atoms with van der Waals surface area (Å²) in [6.45, 7) is 0. The van der Waals surface area contributed by atoms with Crippen LogP contribution in [0.2, 0.25) is 0 Å². The third-order valence-corrected chi connectivity index (χ3v) is 3.61. The zero-order chi connectivity index (χ0) is 11.1. The molecule has 0 unspecified atom stereocenters. The number of nitrogens with two attached hydrogens (primary N) is 1. The Morgan fingerprint density at radius 2 is 2.13 bits per heavy atom. The van der Waals surface area contributed by atoms with Gasteiger partial charge in [0.05, 0.1) is 11.6 Å². The Morgan fingerprint density at radius 1 is 1.47 bits per heavy atom. The Labute approximate surface area is 96.7 Å². The number of hydrogen-bond acceptors (Lipinski definition) is 2. The van der Waals surface area contributed by atoms with Crippen LogP contribution in [0.4, 0.5) is 4.39 Å². The normalized spacial score (nSPS) is 18.4. The molecular formula is C11H13BrFNO. The monoisotopic (exact) mass is 273 g/mol. The minimum Gasteiger partial charge on any atom is -0.492 e. The first-order valence-electron chi connectivity index (χ1n) is 4.89. The summed E-state index contributed by atoms with van der Waals surface area (Å²) in [4.78, 5) is 0. The first-order chi connectivity index (χ1) is 7.07. The molecule has 0 atom stereocenters. The molecule has 15 heavy (non-hydrogen) atoms. The van der Waals surface area contributed by atoms with Crippen molar-refractivity contribution in [1.82, 2.24) is 0 Å². The van der Waals surface area contributed by atoms with Crippen LogP contribution in [0.1, 0.15) is 24.8 Å². The van der Waals surface area contributed by atoms with Gasteiger partial charge in [-0.05, 0) is 52.9 Å². The first kappa shape index (κ1) is 10.9. The summed E-state index contributed by atoms with van der Waals surface area (Å²) < 4.78 is 19.1. The van der Waals surface area contributed by atoms with Gasteiger partial charge in [-0.25, -0.2) is 4.39 Å². The van der Waals surface area contributed by atoms with Crippen molar-refractivity contribution < 1.29 is 9.13 Å². The Kier molecular flexibility index (Phi) is 2.73. The van der Waals surface area contributed by atoms with Crippen molar-refractivity contribution in [2.75, 3.05) is 7.11 Å². The van der Waals surface area contributed by atoms with Crippen LogP contribution in [-0.2, 0) is 5.54 Å². The molecule has 1 aromatic rings. The maximum absolute atomic E-state index is 13.6. The molecule has 0 spiro atoms. The van der Waals surface area contributed by atoms with Crippen LogP contribution in [-0.4, -0.2) is 7.11 Å². The highest BCUT2D eigenvalue weighted by molar-refractivity contribution is 9.10. The van der Waals surface area contributed by atoms with Gasteiger partial charge in [0.15, 0.2) is 11.6 Å². The van der Waals surface area contributed by atoms with Crippen LogP contribution < -0.4 is 10.5 Å². The van der Waals surface area contributed by atoms with Crippen LogP contribution in [0, 0.1) is 5.82 Å². The Bertz CT molecular complexity index is 367. The summed E-state index contributed by atoms with van der Waals surface area (Å²) in [5, 5.41) is 0. The number of hydrogen-bond donors (Lipinski definition) is 1. The molecule has 0 amide bonds. The number of benzene rings is 1. The van der Waals surface area contributed by atoms with Crippen LogP contribution >= 0.6 is 15.9 Å². The van der Waals surface area contributed by atoms with Crippen molar-refractivity contribution in [3.63, 3.8) is 0 Å². The summed E-state index contributed by atoms with van der Waals surface area (Å²) in [6.07, 6.45) is 2.96. The summed E-state index contributed by atoms with van der Waals surface area (Å²) in [7, 11) is 1.45. The molecule has 1 aliphatic rings. The van der Waals surface area contributed by atoms with E-state index in [9.17, 15) is 4.39 Å². The van der Waals surface area contributed by atoms with E-state index in [2.05, 4.69) is 15.9 Å². The molecular weight excluding hydrogens is 261 g/mol. The van der Waals surface area contributed by atoms with E-state index in [4.69, 9.17) is 10.5 Å². The summed E-state index contributed by atoms with van der Waals surface area (Å²) in [6, 6.07) is 3.32. The smallest absolute Gasteiger partial charge is 0.168 e. The lowest BCUT2D eigenvalue weighted by molar-refractivity contribution is 0.252. The third-order valence-electron chi connectivity index (χ3n) is 3.02. The zero-order valence-electron chi connectivity index (χ0n) is 8.52. The average Bonchev–Trinajstić information content (AvgIpc) is 2.13. The van der Waals surface area contributed by atoms with E-state index in [1.54, 1.807) is 0 Å². The van der Waals surface area contributed by atoms with Gasteiger partial charge in [0.1, 0.15) is 0 Å². The fourth-order valence-corrected chi connectivity index (χ4v) is 2.49. The van der Waals surface area contributed by atoms with Gasteiger partial charge in [-0.1, -0.05) is 0 Å². The van der Waals surface area contributed by atoms with Gasteiger partial charge in [-0.3, -0.25) is 0 Å². The second-order valence-electron chi connectivity index (χ2n) is 3.98. The zero-order valence-corrected chi connectivity index (χ0v) is 10.1. The van der Waals surface area contributed by atoms with E-state index in [0.717, 1.165) is 24.8 Å². The van der Waals surface area contributed by atoms with Gasteiger partial charge in [-0.2, -0.15) is 0 Å². The number of methoxy groups -OCH3 is 1. The lowest BCUT2D eigenvalue weighted by atomic mass is 9.73. The minimum atomic E-state index is -0.362. The molecule has 2 nitrogen and oxygen atoms in total. The molecule has 1 aliphatic carbocycles. The van der Waals surface area contributed by atoms with Gasteiger partial charge < -0.3 is 10.5 Å². The second kappa shape index (κ2) is 3.76. The Hall–Kier alpha value is -0.610. The van der Waals surface area contributed by atoms with Crippen LogP contribution in [0.3, 0.4) is 0 Å². The number of halogens is 2. The van der Waals surface area contributed by atoms with Crippen molar-refractivity contribution in [2.24, 2.45) is 5.73 Å². The minimum absolute atomic E-state index is 0.238.